The Morgan fingerprint density at radius 3 is 2.18 bits per heavy atom. The van der Waals surface area contributed by atoms with Crippen molar-refractivity contribution in [2.75, 3.05) is 0 Å². The second-order valence-electron chi connectivity index (χ2n) is 9.26. The summed E-state index contributed by atoms with van der Waals surface area (Å²) in [4.78, 5) is 9.20. The van der Waals surface area contributed by atoms with Gasteiger partial charge in [-0.1, -0.05) is 77.1 Å². The van der Waals surface area contributed by atoms with Crippen LogP contribution in [0.5, 0.6) is 5.75 Å². The summed E-state index contributed by atoms with van der Waals surface area (Å²) in [5, 5.41) is 0. The first kappa shape index (κ1) is 25.7. The molecule has 2 aromatic carbocycles. The Morgan fingerprint density at radius 2 is 1.50 bits per heavy atom. The summed E-state index contributed by atoms with van der Waals surface area (Å²) in [5.41, 5.74) is 4.58. The van der Waals surface area contributed by atoms with Crippen LogP contribution in [-0.2, 0) is 6.42 Å². The molecular weight excluding hydrogens is 416 g/mol. The van der Waals surface area contributed by atoms with Gasteiger partial charge in [0.05, 0.1) is 6.26 Å². The van der Waals surface area contributed by atoms with Gasteiger partial charge in [-0.25, -0.2) is 9.97 Å². The third-order valence-corrected chi connectivity index (χ3v) is 6.44. The minimum Gasteiger partial charge on any atom is -0.465 e. The zero-order chi connectivity index (χ0) is 24.0. The topological polar surface area (TPSA) is 35.0 Å². The zero-order valence-corrected chi connectivity index (χ0v) is 21.2. The number of allylic oxidation sites excluding steroid dienone is 1. The second-order valence-corrected chi connectivity index (χ2v) is 9.26. The molecule has 0 radical (unpaired) electrons. The highest BCUT2D eigenvalue weighted by molar-refractivity contribution is 5.64. The Morgan fingerprint density at radius 1 is 0.794 bits per heavy atom. The molecule has 0 saturated carbocycles. The van der Waals surface area contributed by atoms with Crippen LogP contribution < -0.4 is 4.74 Å². The second kappa shape index (κ2) is 14.3. The van der Waals surface area contributed by atoms with Gasteiger partial charge in [-0.2, -0.15) is 0 Å². The van der Waals surface area contributed by atoms with Crippen LogP contribution >= 0.6 is 0 Å². The fourth-order valence-corrected chi connectivity index (χ4v) is 3.92. The predicted molar refractivity (Wildman–Crippen MR) is 144 cm³/mol. The fourth-order valence-electron chi connectivity index (χ4n) is 3.92. The molecule has 0 bridgehead atoms. The lowest BCUT2D eigenvalue weighted by Gasteiger charge is -2.08. The van der Waals surface area contributed by atoms with Gasteiger partial charge in [0, 0.05) is 23.5 Å². The summed E-state index contributed by atoms with van der Waals surface area (Å²) in [7, 11) is 0. The van der Waals surface area contributed by atoms with E-state index in [2.05, 4.69) is 61.1 Å². The molecule has 0 fully saturated rings. The van der Waals surface area contributed by atoms with Crippen LogP contribution in [0.3, 0.4) is 0 Å². The van der Waals surface area contributed by atoms with Gasteiger partial charge in [-0.15, -0.1) is 0 Å². The summed E-state index contributed by atoms with van der Waals surface area (Å²) >= 11 is 0. The molecule has 0 unspecified atom stereocenters. The minimum atomic E-state index is 0.725. The lowest BCUT2D eigenvalue weighted by molar-refractivity contribution is 0.477. The monoisotopic (exact) mass is 456 g/mol. The van der Waals surface area contributed by atoms with Gasteiger partial charge >= 0.3 is 0 Å². The van der Waals surface area contributed by atoms with Crippen molar-refractivity contribution >= 4 is 0 Å². The number of hydrogen-bond donors (Lipinski definition) is 0. The van der Waals surface area contributed by atoms with E-state index in [1.807, 2.05) is 36.7 Å². The van der Waals surface area contributed by atoms with Crippen LogP contribution in [0, 0.1) is 5.92 Å². The molecule has 0 saturated heterocycles. The largest absolute Gasteiger partial charge is 0.465 e. The molecule has 1 atom stereocenters. The van der Waals surface area contributed by atoms with Crippen LogP contribution in [0.25, 0.3) is 22.5 Å². The Balaban J connectivity index is 1.50. The van der Waals surface area contributed by atoms with Crippen molar-refractivity contribution in [3.63, 3.8) is 0 Å². The van der Waals surface area contributed by atoms with Crippen molar-refractivity contribution in [1.82, 2.24) is 9.97 Å². The molecule has 1 heterocycles. The van der Waals surface area contributed by atoms with Gasteiger partial charge in [0.1, 0.15) is 5.75 Å². The number of benzene rings is 2. The van der Waals surface area contributed by atoms with Gasteiger partial charge in [0.15, 0.2) is 5.82 Å². The third kappa shape index (κ3) is 8.44. The first-order chi connectivity index (χ1) is 16.7. The minimum absolute atomic E-state index is 0.725. The van der Waals surface area contributed by atoms with E-state index in [4.69, 9.17) is 4.74 Å². The third-order valence-electron chi connectivity index (χ3n) is 6.44. The highest BCUT2D eigenvalue weighted by Gasteiger charge is 2.05. The van der Waals surface area contributed by atoms with Crippen molar-refractivity contribution in [3.05, 3.63) is 78.8 Å². The molecule has 3 nitrogen and oxygen atoms in total. The molecule has 0 aliphatic rings. The van der Waals surface area contributed by atoms with Crippen molar-refractivity contribution in [3.8, 4) is 28.3 Å². The van der Waals surface area contributed by atoms with Crippen LogP contribution in [0.15, 0.2) is 73.3 Å². The average molecular weight is 457 g/mol. The van der Waals surface area contributed by atoms with E-state index in [-0.39, 0.29) is 0 Å². The highest BCUT2D eigenvalue weighted by Crippen LogP contribution is 2.23. The quantitative estimate of drug-likeness (QED) is 0.179. The SMILES string of the molecule is CCCCCC/C=C/Oc1ccc(-c2ncc(-c3ccc(CCC[C@@H](C)CC)cc3)cn2)cc1. The van der Waals surface area contributed by atoms with E-state index >= 15 is 0 Å². The van der Waals surface area contributed by atoms with Gasteiger partial charge < -0.3 is 4.74 Å². The molecule has 0 spiro atoms. The smallest absolute Gasteiger partial charge is 0.159 e. The highest BCUT2D eigenvalue weighted by atomic mass is 16.5. The maximum atomic E-state index is 5.71. The molecule has 0 amide bonds. The summed E-state index contributed by atoms with van der Waals surface area (Å²) in [5.74, 6) is 2.37. The maximum Gasteiger partial charge on any atom is 0.159 e. The van der Waals surface area contributed by atoms with Crippen molar-refractivity contribution in [1.29, 1.82) is 0 Å². The van der Waals surface area contributed by atoms with Gasteiger partial charge in [-0.05, 0) is 73.1 Å². The van der Waals surface area contributed by atoms with Crippen molar-refractivity contribution < 1.29 is 4.74 Å². The molecule has 0 aliphatic carbocycles. The first-order valence-electron chi connectivity index (χ1n) is 13.0. The summed E-state index contributed by atoms with van der Waals surface area (Å²) in [6.07, 6.45) is 18.8. The Hall–Kier alpha value is -2.94. The number of ether oxygens (including phenoxy) is 1. The molecule has 0 N–H and O–H groups in total. The van der Waals surface area contributed by atoms with Crippen LogP contribution in [0.4, 0.5) is 0 Å². The van der Waals surface area contributed by atoms with Gasteiger partial charge in [-0.3, -0.25) is 0 Å². The Labute approximate surface area is 206 Å². The number of aromatic nitrogens is 2. The zero-order valence-electron chi connectivity index (χ0n) is 21.2. The normalized spacial score (nSPS) is 12.2. The molecule has 180 valence electrons. The number of rotatable bonds is 14. The lowest BCUT2D eigenvalue weighted by Crippen LogP contribution is -1.94. The van der Waals surface area contributed by atoms with Crippen LogP contribution in [0.1, 0.15) is 77.7 Å². The average Bonchev–Trinajstić information content (AvgIpc) is 2.89. The van der Waals surface area contributed by atoms with Crippen molar-refractivity contribution in [2.24, 2.45) is 5.92 Å². The number of hydrogen-bond acceptors (Lipinski definition) is 3. The Bertz CT molecular complexity index is 975. The summed E-state index contributed by atoms with van der Waals surface area (Å²) in [6.45, 7) is 6.84. The predicted octanol–water partition coefficient (Wildman–Crippen LogP) is 9.04. The van der Waals surface area contributed by atoms with Gasteiger partial charge in [0.2, 0.25) is 0 Å². The molecule has 3 rings (SSSR count). The van der Waals surface area contributed by atoms with E-state index in [1.54, 1.807) is 6.26 Å². The summed E-state index contributed by atoms with van der Waals surface area (Å²) in [6, 6.07) is 16.8. The molecule has 0 aliphatic heterocycles. The molecule has 3 heteroatoms. The molecule has 34 heavy (non-hydrogen) atoms. The van der Waals surface area contributed by atoms with Gasteiger partial charge in [0.25, 0.3) is 0 Å². The fraction of sp³-hybridized carbons (Fsp3) is 0.419. The van der Waals surface area contributed by atoms with E-state index < -0.39 is 0 Å². The van der Waals surface area contributed by atoms with E-state index in [0.29, 0.717) is 0 Å². The molecule has 3 aromatic rings. The van der Waals surface area contributed by atoms with Crippen LogP contribution in [0.2, 0.25) is 0 Å². The number of nitrogens with zero attached hydrogens (tertiary/aromatic N) is 2. The van der Waals surface area contributed by atoms with Crippen LogP contribution in [-0.4, -0.2) is 9.97 Å². The Kier molecular flexibility index (Phi) is 10.8. The first-order valence-corrected chi connectivity index (χ1v) is 13.0. The lowest BCUT2D eigenvalue weighted by atomic mass is 9.98. The number of unbranched alkanes of at least 4 members (excludes halogenated alkanes) is 4. The van der Waals surface area contributed by atoms with Crippen molar-refractivity contribution in [2.45, 2.75) is 78.6 Å². The van der Waals surface area contributed by atoms with E-state index in [9.17, 15) is 0 Å². The molecular formula is C31H40N2O. The number of aryl methyl sites for hydroxylation is 1. The van der Waals surface area contributed by atoms with E-state index in [0.717, 1.165) is 47.0 Å². The molecule has 1 aromatic heterocycles. The standard InChI is InChI=1S/C31H40N2O/c1-4-6-7-8-9-10-22-34-30-20-18-28(19-21-30)31-32-23-29(24-33-31)27-16-14-26(15-17-27)13-11-12-25(3)5-2/h10,14-25H,4-9,11-13H2,1-3H3/b22-10+/t25-/m0/s1. The summed E-state index contributed by atoms with van der Waals surface area (Å²) < 4.78 is 5.71. The van der Waals surface area contributed by atoms with E-state index in [1.165, 1.54) is 50.5 Å². The maximum absolute atomic E-state index is 5.71.